The third-order valence-electron chi connectivity index (χ3n) is 5.14. The number of fused-ring (bicyclic) bond motifs is 1. The molecule has 158 valence electrons. The summed E-state index contributed by atoms with van der Waals surface area (Å²) < 4.78 is 12.5. The maximum Gasteiger partial charge on any atom is 0.257 e. The van der Waals surface area contributed by atoms with Crippen molar-refractivity contribution in [1.29, 1.82) is 0 Å². The zero-order chi connectivity index (χ0) is 21.7. The summed E-state index contributed by atoms with van der Waals surface area (Å²) in [7, 11) is 3.13. The number of nitrogens with zero attached hydrogens (tertiary/aromatic N) is 1. The molecule has 1 unspecified atom stereocenters. The number of hydrogen-bond acceptors (Lipinski definition) is 4. The number of pyridine rings is 1. The minimum atomic E-state index is -0.414. The predicted molar refractivity (Wildman–Crippen MR) is 118 cm³/mol. The van der Waals surface area contributed by atoms with E-state index in [-0.39, 0.29) is 23.6 Å². The van der Waals surface area contributed by atoms with Crippen LogP contribution in [0.15, 0.2) is 53.3 Å². The standard InChI is InChI=1S/C24H28N2O4/c1-16(14-29-3)25-24(28)23-21(15-30-4)26(17(2)12-22(23)27)13-19-10-7-9-18-8-5-6-11-20(18)19/h5-12,16H,13-15H2,1-4H3,(H,25,28). The van der Waals surface area contributed by atoms with Crippen molar-refractivity contribution in [3.05, 3.63) is 81.3 Å². The van der Waals surface area contributed by atoms with E-state index in [1.807, 2.05) is 36.6 Å². The highest BCUT2D eigenvalue weighted by molar-refractivity contribution is 5.95. The Balaban J connectivity index is 2.10. The van der Waals surface area contributed by atoms with E-state index in [0.717, 1.165) is 22.0 Å². The largest absolute Gasteiger partial charge is 0.383 e. The fraction of sp³-hybridized carbons (Fsp3) is 0.333. The quantitative estimate of drug-likeness (QED) is 0.621. The Morgan fingerprint density at radius 3 is 2.57 bits per heavy atom. The van der Waals surface area contributed by atoms with Crippen LogP contribution in [0.25, 0.3) is 10.8 Å². The van der Waals surface area contributed by atoms with Gasteiger partial charge in [0.25, 0.3) is 5.91 Å². The summed E-state index contributed by atoms with van der Waals surface area (Å²) in [6, 6.07) is 15.6. The number of carbonyl (C=O) groups excluding carboxylic acids is 1. The highest BCUT2D eigenvalue weighted by Crippen LogP contribution is 2.21. The van der Waals surface area contributed by atoms with E-state index in [2.05, 4.69) is 29.6 Å². The van der Waals surface area contributed by atoms with Gasteiger partial charge >= 0.3 is 0 Å². The third kappa shape index (κ3) is 4.61. The molecule has 0 fully saturated rings. The first kappa shape index (κ1) is 21.7. The molecule has 1 atom stereocenters. The molecular formula is C24H28N2O4. The van der Waals surface area contributed by atoms with Gasteiger partial charge in [-0.25, -0.2) is 0 Å². The van der Waals surface area contributed by atoms with Crippen LogP contribution in [0.4, 0.5) is 0 Å². The summed E-state index contributed by atoms with van der Waals surface area (Å²) in [5, 5.41) is 5.13. The van der Waals surface area contributed by atoms with Gasteiger partial charge in [0.2, 0.25) is 0 Å². The molecular weight excluding hydrogens is 380 g/mol. The molecule has 0 saturated heterocycles. The Kier molecular flexibility index (Phi) is 7.03. The van der Waals surface area contributed by atoms with Gasteiger partial charge in [0.15, 0.2) is 5.43 Å². The Morgan fingerprint density at radius 1 is 1.10 bits per heavy atom. The van der Waals surface area contributed by atoms with Crippen LogP contribution in [0.3, 0.4) is 0 Å². The zero-order valence-corrected chi connectivity index (χ0v) is 17.9. The van der Waals surface area contributed by atoms with E-state index >= 15 is 0 Å². The lowest BCUT2D eigenvalue weighted by molar-refractivity contribution is 0.0897. The van der Waals surface area contributed by atoms with Crippen LogP contribution in [0.2, 0.25) is 0 Å². The molecule has 6 nitrogen and oxygen atoms in total. The Bertz CT molecular complexity index is 1100. The first-order valence-electron chi connectivity index (χ1n) is 9.95. The Hall–Kier alpha value is -2.96. The molecule has 0 spiro atoms. The molecule has 0 aliphatic rings. The number of aromatic nitrogens is 1. The van der Waals surface area contributed by atoms with E-state index in [1.165, 1.54) is 6.07 Å². The minimum absolute atomic E-state index is 0.116. The van der Waals surface area contributed by atoms with Crippen LogP contribution < -0.4 is 10.7 Å². The van der Waals surface area contributed by atoms with Crippen LogP contribution in [0, 0.1) is 6.92 Å². The number of methoxy groups -OCH3 is 2. The van der Waals surface area contributed by atoms with Gasteiger partial charge in [-0.05, 0) is 30.2 Å². The number of rotatable bonds is 8. The van der Waals surface area contributed by atoms with Crippen LogP contribution in [0.5, 0.6) is 0 Å². The van der Waals surface area contributed by atoms with Crippen molar-refractivity contribution in [2.45, 2.75) is 33.0 Å². The molecule has 0 bridgehead atoms. The van der Waals surface area contributed by atoms with Gasteiger partial charge < -0.3 is 19.4 Å². The van der Waals surface area contributed by atoms with E-state index in [4.69, 9.17) is 9.47 Å². The van der Waals surface area contributed by atoms with E-state index in [1.54, 1.807) is 14.2 Å². The van der Waals surface area contributed by atoms with Gasteiger partial charge in [-0.15, -0.1) is 0 Å². The summed E-state index contributed by atoms with van der Waals surface area (Å²) in [5.74, 6) is -0.414. The molecule has 0 aliphatic heterocycles. The third-order valence-corrected chi connectivity index (χ3v) is 5.14. The monoisotopic (exact) mass is 408 g/mol. The summed E-state index contributed by atoms with van der Waals surface area (Å²) in [6.07, 6.45) is 0. The van der Waals surface area contributed by atoms with Crippen molar-refractivity contribution < 1.29 is 14.3 Å². The number of nitrogens with one attached hydrogen (secondary N) is 1. The van der Waals surface area contributed by atoms with Crippen molar-refractivity contribution in [1.82, 2.24) is 9.88 Å². The number of benzene rings is 2. The van der Waals surface area contributed by atoms with E-state index < -0.39 is 5.91 Å². The maximum absolute atomic E-state index is 12.9. The van der Waals surface area contributed by atoms with Crippen LogP contribution in [0.1, 0.15) is 34.2 Å². The lowest BCUT2D eigenvalue weighted by Crippen LogP contribution is -2.39. The topological polar surface area (TPSA) is 69.6 Å². The SMILES string of the molecule is COCc1c(C(=O)NC(C)COC)c(=O)cc(C)n1Cc1cccc2ccccc12. The van der Waals surface area contributed by atoms with Gasteiger partial charge in [0.1, 0.15) is 5.56 Å². The predicted octanol–water partition coefficient (Wildman–Crippen LogP) is 3.27. The Labute approximate surface area is 176 Å². The molecule has 0 aliphatic carbocycles. The van der Waals surface area contributed by atoms with Crippen molar-refractivity contribution >= 4 is 16.7 Å². The van der Waals surface area contributed by atoms with E-state index in [0.29, 0.717) is 18.8 Å². The first-order valence-corrected chi connectivity index (χ1v) is 9.95. The molecule has 1 aromatic heterocycles. The van der Waals surface area contributed by atoms with Crippen molar-refractivity contribution in [3.63, 3.8) is 0 Å². The second-order valence-corrected chi connectivity index (χ2v) is 7.46. The smallest absolute Gasteiger partial charge is 0.257 e. The summed E-state index contributed by atoms with van der Waals surface area (Å²) in [5.41, 5.74) is 2.26. The summed E-state index contributed by atoms with van der Waals surface area (Å²) in [4.78, 5) is 25.7. The van der Waals surface area contributed by atoms with Gasteiger partial charge in [-0.3, -0.25) is 9.59 Å². The average molecular weight is 408 g/mol. The maximum atomic E-state index is 12.9. The molecule has 1 heterocycles. The molecule has 6 heteroatoms. The Morgan fingerprint density at radius 2 is 1.83 bits per heavy atom. The zero-order valence-electron chi connectivity index (χ0n) is 17.9. The molecule has 2 aromatic carbocycles. The average Bonchev–Trinajstić information content (AvgIpc) is 2.71. The number of hydrogen-bond donors (Lipinski definition) is 1. The van der Waals surface area contributed by atoms with Crippen molar-refractivity contribution in [2.24, 2.45) is 0 Å². The normalized spacial score (nSPS) is 12.1. The van der Waals surface area contributed by atoms with Gasteiger partial charge in [-0.2, -0.15) is 0 Å². The first-order chi connectivity index (χ1) is 14.5. The fourth-order valence-electron chi connectivity index (χ4n) is 3.77. The number of carbonyl (C=O) groups is 1. The number of amides is 1. The molecule has 3 rings (SSSR count). The van der Waals surface area contributed by atoms with Gasteiger partial charge in [-0.1, -0.05) is 42.5 Å². The fourth-order valence-corrected chi connectivity index (χ4v) is 3.77. The molecule has 1 N–H and O–H groups in total. The van der Waals surface area contributed by atoms with Crippen LogP contribution >= 0.6 is 0 Å². The second kappa shape index (κ2) is 9.69. The van der Waals surface area contributed by atoms with Crippen LogP contribution in [-0.4, -0.2) is 37.3 Å². The molecule has 3 aromatic rings. The number of aryl methyl sites for hydroxylation is 1. The number of ether oxygens (including phenoxy) is 2. The van der Waals surface area contributed by atoms with Crippen molar-refractivity contribution in [2.75, 3.05) is 20.8 Å². The summed E-state index contributed by atoms with van der Waals surface area (Å²) >= 11 is 0. The highest BCUT2D eigenvalue weighted by atomic mass is 16.5. The minimum Gasteiger partial charge on any atom is -0.383 e. The lowest BCUT2D eigenvalue weighted by atomic mass is 10.0. The molecule has 30 heavy (non-hydrogen) atoms. The lowest BCUT2D eigenvalue weighted by Gasteiger charge is -2.21. The molecule has 1 amide bonds. The molecule has 0 saturated carbocycles. The van der Waals surface area contributed by atoms with Crippen LogP contribution in [-0.2, 0) is 22.6 Å². The molecule has 0 radical (unpaired) electrons. The van der Waals surface area contributed by atoms with E-state index in [9.17, 15) is 9.59 Å². The highest BCUT2D eigenvalue weighted by Gasteiger charge is 2.22. The second-order valence-electron chi connectivity index (χ2n) is 7.46. The van der Waals surface area contributed by atoms with Crippen molar-refractivity contribution in [3.8, 4) is 0 Å². The summed E-state index contributed by atoms with van der Waals surface area (Å²) in [6.45, 7) is 4.76. The van der Waals surface area contributed by atoms with Gasteiger partial charge in [0, 0.05) is 38.6 Å². The van der Waals surface area contributed by atoms with Gasteiger partial charge in [0.05, 0.1) is 18.9 Å².